The van der Waals surface area contributed by atoms with Gasteiger partial charge in [-0.25, -0.2) is 4.39 Å². The zero-order valence-electron chi connectivity index (χ0n) is 11.3. The van der Waals surface area contributed by atoms with E-state index in [9.17, 15) is 9.18 Å². The second-order valence-electron chi connectivity index (χ2n) is 4.69. The fraction of sp³-hybridized carbons (Fsp3) is 0.500. The standard InChI is InChI=1S/C14H20FNO2/c1-9(2)16(5-6-17)14-7-10(3)13(15)8-12(14)11(4)18/h7-9,17H,5-6H2,1-4H3. The van der Waals surface area contributed by atoms with Gasteiger partial charge in [-0.15, -0.1) is 0 Å². The monoisotopic (exact) mass is 253 g/mol. The minimum Gasteiger partial charge on any atom is -0.395 e. The molecule has 1 N–H and O–H groups in total. The van der Waals surface area contributed by atoms with E-state index in [-0.39, 0.29) is 24.2 Å². The van der Waals surface area contributed by atoms with Gasteiger partial charge in [0.2, 0.25) is 0 Å². The van der Waals surface area contributed by atoms with Crippen LogP contribution in [0.15, 0.2) is 12.1 Å². The fourth-order valence-corrected chi connectivity index (χ4v) is 1.95. The van der Waals surface area contributed by atoms with E-state index in [1.807, 2.05) is 18.7 Å². The van der Waals surface area contributed by atoms with Crippen LogP contribution < -0.4 is 4.90 Å². The smallest absolute Gasteiger partial charge is 0.161 e. The average molecular weight is 253 g/mol. The largest absolute Gasteiger partial charge is 0.395 e. The van der Waals surface area contributed by atoms with Crippen LogP contribution in [0.2, 0.25) is 0 Å². The van der Waals surface area contributed by atoms with Crippen molar-refractivity contribution in [3.8, 4) is 0 Å². The lowest BCUT2D eigenvalue weighted by molar-refractivity contribution is 0.101. The summed E-state index contributed by atoms with van der Waals surface area (Å²) in [6, 6.07) is 3.07. The molecule has 18 heavy (non-hydrogen) atoms. The van der Waals surface area contributed by atoms with Crippen molar-refractivity contribution in [3.63, 3.8) is 0 Å². The molecule has 0 heterocycles. The molecule has 0 atom stereocenters. The van der Waals surface area contributed by atoms with Crippen molar-refractivity contribution in [2.24, 2.45) is 0 Å². The fourth-order valence-electron chi connectivity index (χ4n) is 1.95. The molecule has 0 aliphatic carbocycles. The minimum atomic E-state index is -0.378. The lowest BCUT2D eigenvalue weighted by Gasteiger charge is -2.30. The van der Waals surface area contributed by atoms with Gasteiger partial charge in [0, 0.05) is 23.8 Å². The topological polar surface area (TPSA) is 40.5 Å². The molecule has 0 saturated carbocycles. The maximum atomic E-state index is 13.5. The first-order chi connectivity index (χ1) is 8.38. The molecule has 1 aromatic rings. The quantitative estimate of drug-likeness (QED) is 0.820. The zero-order valence-corrected chi connectivity index (χ0v) is 11.3. The summed E-state index contributed by atoms with van der Waals surface area (Å²) < 4.78 is 13.5. The third-order valence-corrected chi connectivity index (χ3v) is 2.93. The number of carbonyl (C=O) groups excluding carboxylic acids is 1. The lowest BCUT2D eigenvalue weighted by Crippen LogP contribution is -2.34. The molecule has 0 fully saturated rings. The molecule has 0 radical (unpaired) electrons. The predicted molar refractivity (Wildman–Crippen MR) is 70.7 cm³/mol. The number of hydrogen-bond acceptors (Lipinski definition) is 3. The van der Waals surface area contributed by atoms with Gasteiger partial charge in [-0.3, -0.25) is 4.79 Å². The molecule has 0 saturated heterocycles. The number of carbonyl (C=O) groups is 1. The first kappa shape index (κ1) is 14.6. The highest BCUT2D eigenvalue weighted by Crippen LogP contribution is 2.26. The van der Waals surface area contributed by atoms with Crippen LogP contribution in [0, 0.1) is 12.7 Å². The van der Waals surface area contributed by atoms with Crippen LogP contribution in [0.4, 0.5) is 10.1 Å². The van der Waals surface area contributed by atoms with E-state index in [1.54, 1.807) is 13.0 Å². The van der Waals surface area contributed by atoms with Gasteiger partial charge in [-0.2, -0.15) is 0 Å². The number of halogens is 1. The van der Waals surface area contributed by atoms with Crippen molar-refractivity contribution in [1.29, 1.82) is 0 Å². The highest BCUT2D eigenvalue weighted by atomic mass is 19.1. The molecule has 0 spiro atoms. The molecule has 3 nitrogen and oxygen atoms in total. The summed E-state index contributed by atoms with van der Waals surface area (Å²) >= 11 is 0. The number of Topliss-reactive ketones (excluding diaryl/α,β-unsaturated/α-hetero) is 1. The van der Waals surface area contributed by atoms with E-state index in [0.717, 1.165) is 0 Å². The first-order valence-electron chi connectivity index (χ1n) is 6.07. The van der Waals surface area contributed by atoms with Crippen LogP contribution in [-0.4, -0.2) is 30.1 Å². The number of aliphatic hydroxyl groups is 1. The molecule has 1 rings (SSSR count). The molecule has 0 aliphatic heterocycles. The lowest BCUT2D eigenvalue weighted by atomic mass is 10.0. The highest BCUT2D eigenvalue weighted by molar-refractivity contribution is 6.00. The van der Waals surface area contributed by atoms with Gasteiger partial charge in [0.25, 0.3) is 0 Å². The van der Waals surface area contributed by atoms with Crippen LogP contribution in [-0.2, 0) is 0 Å². The van der Waals surface area contributed by atoms with Crippen molar-refractivity contribution in [1.82, 2.24) is 0 Å². The summed E-state index contributed by atoms with van der Waals surface area (Å²) in [5.41, 5.74) is 1.55. The Bertz CT molecular complexity index is 444. The Morgan fingerprint density at radius 3 is 2.50 bits per heavy atom. The number of aryl methyl sites for hydroxylation is 1. The average Bonchev–Trinajstić information content (AvgIpc) is 2.28. The maximum Gasteiger partial charge on any atom is 0.161 e. The number of ketones is 1. The number of nitrogens with zero attached hydrogens (tertiary/aromatic N) is 1. The van der Waals surface area contributed by atoms with E-state index in [4.69, 9.17) is 5.11 Å². The summed E-state index contributed by atoms with van der Waals surface area (Å²) in [6.45, 7) is 7.44. The van der Waals surface area contributed by atoms with Gasteiger partial charge in [0.15, 0.2) is 5.78 Å². The Kier molecular flexibility index (Phi) is 4.84. The summed E-state index contributed by atoms with van der Waals surface area (Å²) in [5.74, 6) is -0.552. The van der Waals surface area contributed by atoms with Crippen LogP contribution in [0.1, 0.15) is 36.7 Å². The number of hydrogen-bond donors (Lipinski definition) is 1. The van der Waals surface area contributed by atoms with Crippen LogP contribution >= 0.6 is 0 Å². The van der Waals surface area contributed by atoms with E-state index >= 15 is 0 Å². The normalized spacial score (nSPS) is 10.8. The maximum absolute atomic E-state index is 13.5. The molecule has 4 heteroatoms. The Labute approximate surface area is 107 Å². The van der Waals surface area contributed by atoms with Crippen molar-refractivity contribution in [2.45, 2.75) is 33.7 Å². The number of aliphatic hydroxyl groups excluding tert-OH is 1. The van der Waals surface area contributed by atoms with Crippen molar-refractivity contribution < 1.29 is 14.3 Å². The van der Waals surface area contributed by atoms with Crippen molar-refractivity contribution in [3.05, 3.63) is 29.1 Å². The zero-order chi connectivity index (χ0) is 13.9. The summed E-state index contributed by atoms with van der Waals surface area (Å²) in [5, 5.41) is 9.10. The second-order valence-corrected chi connectivity index (χ2v) is 4.69. The van der Waals surface area contributed by atoms with Gasteiger partial charge in [0.05, 0.1) is 6.61 Å². The number of rotatable bonds is 5. The molecule has 0 amide bonds. The summed E-state index contributed by atoms with van der Waals surface area (Å²) in [4.78, 5) is 13.5. The molecule has 0 unspecified atom stereocenters. The number of benzene rings is 1. The Balaban J connectivity index is 3.35. The second kappa shape index (κ2) is 5.96. The Morgan fingerprint density at radius 2 is 2.06 bits per heavy atom. The van der Waals surface area contributed by atoms with Crippen LogP contribution in [0.3, 0.4) is 0 Å². The Morgan fingerprint density at radius 1 is 1.44 bits per heavy atom. The van der Waals surface area contributed by atoms with Crippen LogP contribution in [0.25, 0.3) is 0 Å². The molecule has 0 aliphatic rings. The Hall–Kier alpha value is -1.42. The summed E-state index contributed by atoms with van der Waals surface area (Å²) in [6.07, 6.45) is 0. The van der Waals surface area contributed by atoms with Gasteiger partial charge >= 0.3 is 0 Å². The number of anilines is 1. The molecule has 100 valence electrons. The van der Waals surface area contributed by atoms with Crippen molar-refractivity contribution in [2.75, 3.05) is 18.1 Å². The minimum absolute atomic E-state index is 0.00799. The first-order valence-corrected chi connectivity index (χ1v) is 6.07. The van der Waals surface area contributed by atoms with Gasteiger partial charge in [0.1, 0.15) is 5.82 Å². The van der Waals surface area contributed by atoms with Crippen LogP contribution in [0.5, 0.6) is 0 Å². The van der Waals surface area contributed by atoms with E-state index < -0.39 is 0 Å². The third-order valence-electron chi connectivity index (χ3n) is 2.93. The highest BCUT2D eigenvalue weighted by Gasteiger charge is 2.18. The van der Waals surface area contributed by atoms with Crippen molar-refractivity contribution >= 4 is 11.5 Å². The van der Waals surface area contributed by atoms with Gasteiger partial charge in [-0.05, 0) is 45.4 Å². The van der Waals surface area contributed by atoms with E-state index in [1.165, 1.54) is 13.0 Å². The molecule has 0 bridgehead atoms. The molecular weight excluding hydrogens is 233 g/mol. The third kappa shape index (κ3) is 3.07. The molecule has 1 aromatic carbocycles. The molecular formula is C14H20FNO2. The SMILES string of the molecule is CC(=O)c1cc(F)c(C)cc1N(CCO)C(C)C. The molecule has 0 aromatic heterocycles. The van der Waals surface area contributed by atoms with E-state index in [2.05, 4.69) is 0 Å². The van der Waals surface area contributed by atoms with Gasteiger partial charge < -0.3 is 10.0 Å². The predicted octanol–water partition coefficient (Wildman–Crippen LogP) is 2.54. The van der Waals surface area contributed by atoms with E-state index in [0.29, 0.717) is 23.4 Å². The van der Waals surface area contributed by atoms with Gasteiger partial charge in [-0.1, -0.05) is 0 Å². The summed E-state index contributed by atoms with van der Waals surface area (Å²) in [7, 11) is 0.